The first-order valence-corrected chi connectivity index (χ1v) is 4.91. The van der Waals surface area contributed by atoms with E-state index in [0.29, 0.717) is 5.69 Å². The number of nitrogens with two attached hydrogens (primary N) is 1. The summed E-state index contributed by atoms with van der Waals surface area (Å²) < 4.78 is 14.5. The fourth-order valence-corrected chi connectivity index (χ4v) is 1.41. The Balaban J connectivity index is 2.22. The molecular weight excluding hydrogens is 223 g/mol. The number of aryl methyl sites for hydroxylation is 1. The van der Waals surface area contributed by atoms with Crippen LogP contribution < -0.4 is 11.1 Å². The number of hydrogen-bond donors (Lipinski definition) is 2. The quantitative estimate of drug-likeness (QED) is 0.771. The number of hydrogen-bond acceptors (Lipinski definition) is 3. The summed E-state index contributed by atoms with van der Waals surface area (Å²) >= 11 is 0. The molecule has 1 aromatic heterocycles. The summed E-state index contributed by atoms with van der Waals surface area (Å²) in [6.07, 6.45) is 3.13. The Kier molecular flexibility index (Phi) is 2.78. The van der Waals surface area contributed by atoms with Crippen LogP contribution in [0.4, 0.5) is 15.8 Å². The number of aromatic nitrogens is 2. The van der Waals surface area contributed by atoms with E-state index in [1.807, 2.05) is 0 Å². The van der Waals surface area contributed by atoms with Gasteiger partial charge in [0, 0.05) is 18.9 Å². The SMILES string of the molecule is Cn1cc(NC(=O)c2cc(F)ccc2N)cn1. The average Bonchev–Trinajstić information content (AvgIpc) is 2.67. The van der Waals surface area contributed by atoms with Gasteiger partial charge in [0.1, 0.15) is 5.82 Å². The van der Waals surface area contributed by atoms with Crippen molar-refractivity contribution in [3.8, 4) is 0 Å². The minimum Gasteiger partial charge on any atom is -0.398 e. The van der Waals surface area contributed by atoms with E-state index in [4.69, 9.17) is 5.73 Å². The van der Waals surface area contributed by atoms with E-state index in [9.17, 15) is 9.18 Å². The molecular formula is C11H11FN4O. The van der Waals surface area contributed by atoms with Gasteiger partial charge in [0.05, 0.1) is 17.4 Å². The second-order valence-electron chi connectivity index (χ2n) is 3.59. The molecule has 2 rings (SSSR count). The minimum absolute atomic E-state index is 0.105. The Hall–Kier alpha value is -2.37. The monoisotopic (exact) mass is 234 g/mol. The predicted molar refractivity (Wildman–Crippen MR) is 62.0 cm³/mol. The summed E-state index contributed by atoms with van der Waals surface area (Å²) in [5.74, 6) is -0.967. The predicted octanol–water partition coefficient (Wildman–Crippen LogP) is 1.39. The smallest absolute Gasteiger partial charge is 0.257 e. The Labute approximate surface area is 97.0 Å². The highest BCUT2D eigenvalue weighted by Crippen LogP contribution is 2.15. The number of rotatable bonds is 2. The van der Waals surface area contributed by atoms with Crippen molar-refractivity contribution in [2.24, 2.45) is 7.05 Å². The van der Waals surface area contributed by atoms with Gasteiger partial charge in [0.2, 0.25) is 0 Å². The molecule has 88 valence electrons. The number of anilines is 2. The molecule has 1 amide bonds. The van der Waals surface area contributed by atoms with Gasteiger partial charge in [0.25, 0.3) is 5.91 Å². The molecule has 6 heteroatoms. The summed E-state index contributed by atoms with van der Waals surface area (Å²) in [6.45, 7) is 0. The third kappa shape index (κ3) is 2.41. The number of carbonyl (C=O) groups excluding carboxylic acids is 1. The highest BCUT2D eigenvalue weighted by molar-refractivity contribution is 6.07. The zero-order valence-corrected chi connectivity index (χ0v) is 9.14. The molecule has 2 aromatic rings. The number of halogens is 1. The topological polar surface area (TPSA) is 72.9 Å². The Morgan fingerprint density at radius 2 is 2.29 bits per heavy atom. The molecule has 0 spiro atoms. The lowest BCUT2D eigenvalue weighted by Gasteiger charge is -2.05. The van der Waals surface area contributed by atoms with Gasteiger partial charge in [-0.15, -0.1) is 0 Å². The van der Waals surface area contributed by atoms with Crippen molar-refractivity contribution in [2.45, 2.75) is 0 Å². The van der Waals surface area contributed by atoms with Crippen LogP contribution in [0.15, 0.2) is 30.6 Å². The first-order chi connectivity index (χ1) is 8.06. The molecule has 0 aliphatic carbocycles. The number of benzene rings is 1. The maximum atomic E-state index is 13.0. The van der Waals surface area contributed by atoms with Gasteiger partial charge < -0.3 is 11.1 Å². The molecule has 17 heavy (non-hydrogen) atoms. The van der Waals surface area contributed by atoms with Crippen molar-refractivity contribution in [2.75, 3.05) is 11.1 Å². The fraction of sp³-hybridized carbons (Fsp3) is 0.0909. The van der Waals surface area contributed by atoms with Crippen molar-refractivity contribution < 1.29 is 9.18 Å². The molecule has 0 aliphatic rings. The molecule has 0 saturated carbocycles. The van der Waals surface area contributed by atoms with E-state index >= 15 is 0 Å². The van der Waals surface area contributed by atoms with Crippen molar-refractivity contribution >= 4 is 17.3 Å². The Morgan fingerprint density at radius 3 is 2.94 bits per heavy atom. The molecule has 0 bridgehead atoms. The second-order valence-corrected chi connectivity index (χ2v) is 3.59. The minimum atomic E-state index is -0.504. The second kappa shape index (κ2) is 4.25. The van der Waals surface area contributed by atoms with E-state index < -0.39 is 11.7 Å². The third-order valence-electron chi connectivity index (χ3n) is 2.22. The van der Waals surface area contributed by atoms with Crippen LogP contribution in [0.25, 0.3) is 0 Å². The number of nitrogens with one attached hydrogen (secondary N) is 1. The summed E-state index contributed by atoms with van der Waals surface area (Å²) in [5.41, 5.74) is 6.46. The van der Waals surface area contributed by atoms with Gasteiger partial charge in [-0.1, -0.05) is 0 Å². The maximum Gasteiger partial charge on any atom is 0.257 e. The van der Waals surface area contributed by atoms with Gasteiger partial charge in [-0.3, -0.25) is 9.48 Å². The molecule has 0 radical (unpaired) electrons. The lowest BCUT2D eigenvalue weighted by atomic mass is 10.1. The van der Waals surface area contributed by atoms with Crippen LogP contribution in [0.5, 0.6) is 0 Å². The van der Waals surface area contributed by atoms with E-state index in [1.165, 1.54) is 18.3 Å². The zero-order chi connectivity index (χ0) is 12.4. The molecule has 0 unspecified atom stereocenters. The van der Waals surface area contributed by atoms with Crippen molar-refractivity contribution in [1.82, 2.24) is 9.78 Å². The molecule has 5 nitrogen and oxygen atoms in total. The summed E-state index contributed by atoms with van der Waals surface area (Å²) in [4.78, 5) is 11.8. The van der Waals surface area contributed by atoms with E-state index in [0.717, 1.165) is 6.07 Å². The number of nitrogen functional groups attached to an aromatic ring is 1. The van der Waals surface area contributed by atoms with Crippen molar-refractivity contribution in [1.29, 1.82) is 0 Å². The number of amides is 1. The number of carbonyl (C=O) groups is 1. The maximum absolute atomic E-state index is 13.0. The lowest BCUT2D eigenvalue weighted by Crippen LogP contribution is -2.14. The standard InChI is InChI=1S/C11H11FN4O/c1-16-6-8(5-14-16)15-11(17)9-4-7(12)2-3-10(9)13/h2-6H,13H2,1H3,(H,15,17). The highest BCUT2D eigenvalue weighted by atomic mass is 19.1. The number of nitrogens with zero attached hydrogens (tertiary/aromatic N) is 2. The molecule has 3 N–H and O–H groups in total. The normalized spacial score (nSPS) is 10.2. The van der Waals surface area contributed by atoms with Crippen LogP contribution >= 0.6 is 0 Å². The third-order valence-corrected chi connectivity index (χ3v) is 2.22. The van der Waals surface area contributed by atoms with Crippen LogP contribution in [0.3, 0.4) is 0 Å². The molecule has 0 atom stereocenters. The van der Waals surface area contributed by atoms with Crippen LogP contribution in [0.1, 0.15) is 10.4 Å². The summed E-state index contributed by atoms with van der Waals surface area (Å²) in [7, 11) is 1.73. The summed E-state index contributed by atoms with van der Waals surface area (Å²) in [5, 5.41) is 6.48. The molecule has 0 fully saturated rings. The molecule has 1 aromatic carbocycles. The summed E-state index contributed by atoms with van der Waals surface area (Å²) in [6, 6.07) is 3.66. The van der Waals surface area contributed by atoms with Crippen LogP contribution in [0, 0.1) is 5.82 Å². The largest absolute Gasteiger partial charge is 0.398 e. The molecule has 0 saturated heterocycles. The van der Waals surface area contributed by atoms with Gasteiger partial charge in [-0.2, -0.15) is 5.10 Å². The first-order valence-electron chi connectivity index (χ1n) is 4.91. The first kappa shape index (κ1) is 11.1. The Morgan fingerprint density at radius 1 is 1.53 bits per heavy atom. The average molecular weight is 234 g/mol. The van der Waals surface area contributed by atoms with Crippen molar-refractivity contribution in [3.63, 3.8) is 0 Å². The van der Waals surface area contributed by atoms with Gasteiger partial charge in [-0.25, -0.2) is 4.39 Å². The highest BCUT2D eigenvalue weighted by Gasteiger charge is 2.11. The molecule has 1 heterocycles. The van der Waals surface area contributed by atoms with Crippen molar-refractivity contribution in [3.05, 3.63) is 42.0 Å². The van der Waals surface area contributed by atoms with Crippen LogP contribution in [-0.2, 0) is 7.05 Å². The lowest BCUT2D eigenvalue weighted by molar-refractivity contribution is 0.102. The van der Waals surface area contributed by atoms with E-state index in [1.54, 1.807) is 17.9 Å². The zero-order valence-electron chi connectivity index (χ0n) is 9.14. The van der Waals surface area contributed by atoms with Gasteiger partial charge in [0.15, 0.2) is 0 Å². The van der Waals surface area contributed by atoms with Crippen LogP contribution in [0.2, 0.25) is 0 Å². The van der Waals surface area contributed by atoms with Crippen LogP contribution in [-0.4, -0.2) is 15.7 Å². The Bertz CT molecular complexity index is 564. The van der Waals surface area contributed by atoms with Gasteiger partial charge >= 0.3 is 0 Å². The molecule has 0 aliphatic heterocycles. The van der Waals surface area contributed by atoms with Gasteiger partial charge in [-0.05, 0) is 18.2 Å². The van der Waals surface area contributed by atoms with E-state index in [2.05, 4.69) is 10.4 Å². The fourth-order valence-electron chi connectivity index (χ4n) is 1.41. The van der Waals surface area contributed by atoms with E-state index in [-0.39, 0.29) is 11.3 Å².